The van der Waals surface area contributed by atoms with Crippen molar-refractivity contribution in [3.63, 3.8) is 0 Å². The summed E-state index contributed by atoms with van der Waals surface area (Å²) in [6, 6.07) is 5.04. The fraction of sp³-hybridized carbons (Fsp3) is 0.526. The smallest absolute Gasteiger partial charge is 0.138 e. The first-order valence-corrected chi connectivity index (χ1v) is 10.1. The highest BCUT2D eigenvalue weighted by Crippen LogP contribution is 2.37. The highest BCUT2D eigenvalue weighted by molar-refractivity contribution is 7.18. The third-order valence-electron chi connectivity index (χ3n) is 5.26. The first-order valence-electron chi connectivity index (χ1n) is 9.21. The Morgan fingerprint density at radius 2 is 2.19 bits per heavy atom. The predicted octanol–water partition coefficient (Wildman–Crippen LogP) is 3.69. The van der Waals surface area contributed by atoms with Gasteiger partial charge in [0.15, 0.2) is 0 Å². The number of imidazole rings is 1. The number of aromatic nitrogens is 3. The number of fused-ring (bicyclic) bond motifs is 3. The van der Waals surface area contributed by atoms with Crippen molar-refractivity contribution in [1.82, 2.24) is 19.9 Å². The van der Waals surface area contributed by atoms with Gasteiger partial charge in [-0.05, 0) is 44.1 Å². The third kappa shape index (κ3) is 3.09. The molecular weight excluding hydrogens is 346 g/mol. The third-order valence-corrected chi connectivity index (χ3v) is 6.17. The number of nitrogens with zero attached hydrogens (tertiary/aromatic N) is 4. The zero-order valence-corrected chi connectivity index (χ0v) is 15.7. The molecule has 1 aliphatic carbocycles. The number of pyridine rings is 1. The topological polar surface area (TPSA) is 86.8 Å². The van der Waals surface area contributed by atoms with Gasteiger partial charge in [0, 0.05) is 25.0 Å². The van der Waals surface area contributed by atoms with Gasteiger partial charge in [-0.2, -0.15) is 5.26 Å². The molecule has 1 fully saturated rings. The van der Waals surface area contributed by atoms with Gasteiger partial charge in [-0.3, -0.25) is 4.98 Å². The van der Waals surface area contributed by atoms with Crippen LogP contribution in [0.1, 0.15) is 57.0 Å². The lowest BCUT2D eigenvalue weighted by molar-refractivity contribution is 0.176. The summed E-state index contributed by atoms with van der Waals surface area (Å²) in [5.74, 6) is 0.739. The molecule has 3 aromatic heterocycles. The van der Waals surface area contributed by atoms with E-state index < -0.39 is 6.10 Å². The zero-order chi connectivity index (χ0) is 18.1. The number of hydrogen-bond donors (Lipinski definition) is 2. The Kier molecular flexibility index (Phi) is 4.90. The van der Waals surface area contributed by atoms with Gasteiger partial charge < -0.3 is 15.0 Å². The van der Waals surface area contributed by atoms with E-state index in [1.54, 1.807) is 18.3 Å². The Bertz CT molecular complexity index is 946. The molecule has 4 rings (SSSR count). The van der Waals surface area contributed by atoms with Crippen molar-refractivity contribution in [2.45, 2.75) is 57.2 Å². The Morgan fingerprint density at radius 3 is 2.92 bits per heavy atom. The summed E-state index contributed by atoms with van der Waals surface area (Å²) < 4.78 is 3.42. The Labute approximate surface area is 156 Å². The normalized spacial score (nSPS) is 21.9. The standard InChI is InChI=1S/C19H23N5OS/c1-12(25)19-23-16-11-22-15-7-10-26-18(15)17(16)24(19)14-5-3-13(4-6-14)21-9-2-8-20/h7,10-14,21,25H,2-6,9H2,1H3. The summed E-state index contributed by atoms with van der Waals surface area (Å²) in [6.45, 7) is 2.55. The van der Waals surface area contributed by atoms with Crippen molar-refractivity contribution in [1.29, 1.82) is 5.26 Å². The van der Waals surface area contributed by atoms with E-state index in [1.165, 1.54) is 0 Å². The molecule has 0 spiro atoms. The van der Waals surface area contributed by atoms with Crippen LogP contribution in [-0.2, 0) is 0 Å². The Balaban J connectivity index is 1.66. The molecule has 0 aromatic carbocycles. The van der Waals surface area contributed by atoms with Crippen LogP contribution in [0.3, 0.4) is 0 Å². The number of nitriles is 1. The molecule has 0 aliphatic heterocycles. The molecule has 1 aliphatic rings. The van der Waals surface area contributed by atoms with E-state index in [1.807, 2.05) is 12.3 Å². The lowest BCUT2D eigenvalue weighted by Gasteiger charge is -2.31. The molecule has 1 saturated carbocycles. The SMILES string of the molecule is CC(O)c1nc2cnc3ccsc3c2n1C1CCC(NCCC#N)CC1. The average molecular weight is 369 g/mol. The molecule has 1 atom stereocenters. The minimum Gasteiger partial charge on any atom is -0.385 e. The van der Waals surface area contributed by atoms with Crippen LogP contribution in [0.5, 0.6) is 0 Å². The number of hydrogen-bond acceptors (Lipinski definition) is 6. The van der Waals surface area contributed by atoms with Crippen LogP contribution in [0, 0.1) is 11.3 Å². The maximum atomic E-state index is 10.3. The van der Waals surface area contributed by atoms with E-state index in [0.717, 1.165) is 59.3 Å². The molecule has 3 aromatic rings. The summed E-state index contributed by atoms with van der Waals surface area (Å²) in [4.78, 5) is 9.20. The van der Waals surface area contributed by atoms with Crippen molar-refractivity contribution in [3.8, 4) is 6.07 Å². The molecule has 0 radical (unpaired) electrons. The van der Waals surface area contributed by atoms with Gasteiger partial charge in [-0.15, -0.1) is 11.3 Å². The molecule has 0 amide bonds. The van der Waals surface area contributed by atoms with Crippen molar-refractivity contribution in [2.24, 2.45) is 0 Å². The summed E-state index contributed by atoms with van der Waals surface area (Å²) in [7, 11) is 0. The lowest BCUT2D eigenvalue weighted by atomic mass is 9.90. The Hall–Kier alpha value is -2.01. The number of rotatable bonds is 5. The van der Waals surface area contributed by atoms with Crippen LogP contribution in [-0.4, -0.2) is 32.2 Å². The van der Waals surface area contributed by atoms with Gasteiger partial charge in [-0.1, -0.05) is 0 Å². The molecule has 0 bridgehead atoms. The molecule has 26 heavy (non-hydrogen) atoms. The number of nitrogens with one attached hydrogen (secondary N) is 1. The van der Waals surface area contributed by atoms with E-state index >= 15 is 0 Å². The average Bonchev–Trinajstić information content (AvgIpc) is 3.26. The fourth-order valence-electron chi connectivity index (χ4n) is 4.03. The maximum absolute atomic E-state index is 10.3. The van der Waals surface area contributed by atoms with Gasteiger partial charge in [-0.25, -0.2) is 4.98 Å². The molecular formula is C19H23N5OS. The highest BCUT2D eigenvalue weighted by atomic mass is 32.1. The first-order chi connectivity index (χ1) is 12.7. The maximum Gasteiger partial charge on any atom is 0.138 e. The van der Waals surface area contributed by atoms with Crippen molar-refractivity contribution in [2.75, 3.05) is 6.54 Å². The summed E-state index contributed by atoms with van der Waals surface area (Å²) in [5, 5.41) is 24.5. The molecule has 2 N–H and O–H groups in total. The van der Waals surface area contributed by atoms with Gasteiger partial charge in [0.2, 0.25) is 0 Å². The van der Waals surface area contributed by atoms with Crippen molar-refractivity contribution >= 4 is 32.6 Å². The quantitative estimate of drug-likeness (QED) is 0.670. The predicted molar refractivity (Wildman–Crippen MR) is 103 cm³/mol. The molecule has 1 unspecified atom stereocenters. The van der Waals surface area contributed by atoms with Crippen LogP contribution < -0.4 is 5.32 Å². The summed E-state index contributed by atoms with van der Waals surface area (Å²) in [6.07, 6.45) is 6.02. The number of aliphatic hydroxyl groups excluding tert-OH is 1. The van der Waals surface area contributed by atoms with Gasteiger partial charge in [0.1, 0.15) is 17.4 Å². The Morgan fingerprint density at radius 1 is 1.38 bits per heavy atom. The van der Waals surface area contributed by atoms with Crippen molar-refractivity contribution < 1.29 is 5.11 Å². The van der Waals surface area contributed by atoms with E-state index in [4.69, 9.17) is 10.2 Å². The second kappa shape index (κ2) is 7.31. The molecule has 136 valence electrons. The second-order valence-corrected chi connectivity index (χ2v) is 7.93. The number of aliphatic hydroxyl groups is 1. The summed E-state index contributed by atoms with van der Waals surface area (Å²) >= 11 is 1.69. The highest BCUT2D eigenvalue weighted by Gasteiger charge is 2.28. The minimum absolute atomic E-state index is 0.339. The van der Waals surface area contributed by atoms with Crippen LogP contribution >= 0.6 is 11.3 Å². The van der Waals surface area contributed by atoms with E-state index in [-0.39, 0.29) is 0 Å². The largest absolute Gasteiger partial charge is 0.385 e. The molecule has 6 nitrogen and oxygen atoms in total. The van der Waals surface area contributed by atoms with Gasteiger partial charge >= 0.3 is 0 Å². The second-order valence-electron chi connectivity index (χ2n) is 7.01. The van der Waals surface area contributed by atoms with Crippen LogP contribution in [0.15, 0.2) is 17.6 Å². The van der Waals surface area contributed by atoms with Crippen LogP contribution in [0.25, 0.3) is 21.3 Å². The lowest BCUT2D eigenvalue weighted by Crippen LogP contribution is -2.34. The minimum atomic E-state index is -0.608. The van der Waals surface area contributed by atoms with Crippen molar-refractivity contribution in [3.05, 3.63) is 23.5 Å². The van der Waals surface area contributed by atoms with Gasteiger partial charge in [0.05, 0.1) is 28.0 Å². The monoisotopic (exact) mass is 369 g/mol. The van der Waals surface area contributed by atoms with Crippen LogP contribution in [0.2, 0.25) is 0 Å². The van der Waals surface area contributed by atoms with E-state index in [9.17, 15) is 5.11 Å². The van der Waals surface area contributed by atoms with E-state index in [2.05, 4.69) is 26.3 Å². The van der Waals surface area contributed by atoms with E-state index in [0.29, 0.717) is 18.5 Å². The van der Waals surface area contributed by atoms with Crippen LogP contribution in [0.4, 0.5) is 0 Å². The van der Waals surface area contributed by atoms with Gasteiger partial charge in [0.25, 0.3) is 0 Å². The fourth-order valence-corrected chi connectivity index (χ4v) is 4.92. The molecule has 7 heteroatoms. The molecule has 3 heterocycles. The summed E-state index contributed by atoms with van der Waals surface area (Å²) in [5.41, 5.74) is 2.97. The molecule has 0 saturated heterocycles. The number of thiophene rings is 1. The first kappa shape index (κ1) is 17.4. The zero-order valence-electron chi connectivity index (χ0n) is 14.9.